The first-order chi connectivity index (χ1) is 8.57. The first-order valence-electron chi connectivity index (χ1n) is 6.86. The minimum atomic E-state index is 0.0211. The highest BCUT2D eigenvalue weighted by molar-refractivity contribution is 5.80. The Morgan fingerprint density at radius 1 is 1.44 bits per heavy atom. The number of methoxy groups -OCH3 is 1. The molecule has 1 atom stereocenters. The summed E-state index contributed by atoms with van der Waals surface area (Å²) >= 11 is 0. The number of rotatable bonds is 8. The van der Waals surface area contributed by atoms with Crippen molar-refractivity contribution < 1.29 is 4.74 Å². The van der Waals surface area contributed by atoms with Crippen molar-refractivity contribution in [2.75, 3.05) is 46.4 Å². The summed E-state index contributed by atoms with van der Waals surface area (Å²) in [6, 6.07) is 0. The third-order valence-electron chi connectivity index (χ3n) is 3.89. The van der Waals surface area contributed by atoms with Gasteiger partial charge in [0.1, 0.15) is 0 Å². The summed E-state index contributed by atoms with van der Waals surface area (Å²) in [6.07, 6.45) is 0.964. The molecule has 0 radical (unpaired) electrons. The van der Waals surface area contributed by atoms with Crippen molar-refractivity contribution in [2.24, 2.45) is 10.7 Å². The molecule has 1 rings (SSSR count). The van der Waals surface area contributed by atoms with E-state index in [0.717, 1.165) is 45.8 Å². The summed E-state index contributed by atoms with van der Waals surface area (Å²) in [5.74, 6) is 0.681. The molecule has 2 N–H and O–H groups in total. The monoisotopic (exact) mass is 256 g/mol. The molecule has 1 aliphatic rings. The van der Waals surface area contributed by atoms with Crippen molar-refractivity contribution in [3.05, 3.63) is 0 Å². The van der Waals surface area contributed by atoms with Crippen LogP contribution in [0.5, 0.6) is 0 Å². The van der Waals surface area contributed by atoms with Crippen molar-refractivity contribution in [2.45, 2.75) is 32.7 Å². The zero-order chi connectivity index (χ0) is 13.6. The van der Waals surface area contributed by atoms with Gasteiger partial charge in [-0.05, 0) is 26.4 Å². The predicted molar refractivity (Wildman–Crippen MR) is 75.9 cm³/mol. The second-order valence-electron chi connectivity index (χ2n) is 5.09. The van der Waals surface area contributed by atoms with E-state index >= 15 is 0 Å². The lowest BCUT2D eigenvalue weighted by Crippen LogP contribution is -2.52. The fourth-order valence-corrected chi connectivity index (χ4v) is 2.40. The van der Waals surface area contributed by atoms with Gasteiger partial charge in [-0.25, -0.2) is 0 Å². The van der Waals surface area contributed by atoms with Gasteiger partial charge < -0.3 is 20.3 Å². The Balaban J connectivity index is 2.56. The average Bonchev–Trinajstić information content (AvgIpc) is 2.66. The van der Waals surface area contributed by atoms with Crippen LogP contribution in [0.2, 0.25) is 0 Å². The summed E-state index contributed by atoms with van der Waals surface area (Å²) in [5, 5.41) is 0. The smallest absolute Gasteiger partial charge is 0.191 e. The first-order valence-corrected chi connectivity index (χ1v) is 6.86. The molecule has 0 aromatic rings. The van der Waals surface area contributed by atoms with Crippen LogP contribution in [-0.4, -0.2) is 67.7 Å². The Morgan fingerprint density at radius 3 is 2.67 bits per heavy atom. The maximum absolute atomic E-state index is 6.01. The Kier molecular flexibility index (Phi) is 5.88. The normalized spacial score (nSPS) is 23.8. The van der Waals surface area contributed by atoms with Gasteiger partial charge in [-0.1, -0.05) is 13.8 Å². The maximum Gasteiger partial charge on any atom is 0.191 e. The van der Waals surface area contributed by atoms with E-state index in [0.29, 0.717) is 5.96 Å². The number of nitrogens with zero attached hydrogens (tertiary/aromatic N) is 3. The van der Waals surface area contributed by atoms with Crippen LogP contribution in [0.1, 0.15) is 27.2 Å². The van der Waals surface area contributed by atoms with Gasteiger partial charge in [0, 0.05) is 26.8 Å². The van der Waals surface area contributed by atoms with Gasteiger partial charge in [-0.3, -0.25) is 4.99 Å². The van der Waals surface area contributed by atoms with Crippen LogP contribution >= 0.6 is 0 Å². The Morgan fingerprint density at radius 2 is 2.11 bits per heavy atom. The fraction of sp³-hybridized carbons (Fsp3) is 0.923. The molecule has 0 saturated carbocycles. The molecule has 0 fully saturated rings. The van der Waals surface area contributed by atoms with E-state index < -0.39 is 0 Å². The SMILES string of the molecule is CCN(CC)CCN1C(N)=NCC1(C)CCOC. The molecule has 0 bridgehead atoms. The molecule has 1 unspecified atom stereocenters. The van der Waals surface area contributed by atoms with Gasteiger partial charge >= 0.3 is 0 Å². The Labute approximate surface area is 111 Å². The van der Waals surface area contributed by atoms with Crippen LogP contribution in [0.25, 0.3) is 0 Å². The van der Waals surface area contributed by atoms with E-state index in [9.17, 15) is 0 Å². The standard InChI is InChI=1S/C13H28N4O/c1-5-16(6-2)8-9-17-12(14)15-11-13(17,3)7-10-18-4/h5-11H2,1-4H3,(H2,14,15). The molecular weight excluding hydrogens is 228 g/mol. The highest BCUT2D eigenvalue weighted by Gasteiger charge is 2.37. The van der Waals surface area contributed by atoms with Crippen LogP contribution in [-0.2, 0) is 4.74 Å². The quantitative estimate of drug-likeness (QED) is 0.696. The van der Waals surface area contributed by atoms with E-state index in [-0.39, 0.29) is 5.54 Å². The highest BCUT2D eigenvalue weighted by atomic mass is 16.5. The van der Waals surface area contributed by atoms with Gasteiger partial charge in [0.25, 0.3) is 0 Å². The Hall–Kier alpha value is -0.810. The van der Waals surface area contributed by atoms with E-state index in [2.05, 4.69) is 35.6 Å². The third-order valence-corrected chi connectivity index (χ3v) is 3.89. The van der Waals surface area contributed by atoms with Gasteiger partial charge in [0.15, 0.2) is 5.96 Å². The van der Waals surface area contributed by atoms with Crippen LogP contribution in [0.4, 0.5) is 0 Å². The molecular formula is C13H28N4O. The summed E-state index contributed by atoms with van der Waals surface area (Å²) in [7, 11) is 1.74. The van der Waals surface area contributed by atoms with E-state index in [1.165, 1.54) is 0 Å². The van der Waals surface area contributed by atoms with Crippen molar-refractivity contribution in [3.8, 4) is 0 Å². The zero-order valence-corrected chi connectivity index (χ0v) is 12.3. The molecule has 1 aliphatic heterocycles. The second kappa shape index (κ2) is 6.95. The molecule has 0 aliphatic carbocycles. The van der Waals surface area contributed by atoms with Crippen molar-refractivity contribution in [1.29, 1.82) is 0 Å². The molecule has 106 valence electrons. The minimum absolute atomic E-state index is 0.0211. The van der Waals surface area contributed by atoms with Crippen LogP contribution in [0, 0.1) is 0 Å². The van der Waals surface area contributed by atoms with Crippen LogP contribution in [0.15, 0.2) is 4.99 Å². The first kappa shape index (κ1) is 15.2. The summed E-state index contributed by atoms with van der Waals surface area (Å²) in [6.45, 7) is 12.3. The number of ether oxygens (including phenoxy) is 1. The third kappa shape index (κ3) is 3.59. The van der Waals surface area contributed by atoms with E-state index in [1.54, 1.807) is 7.11 Å². The van der Waals surface area contributed by atoms with Gasteiger partial charge in [0.2, 0.25) is 0 Å². The molecule has 18 heavy (non-hydrogen) atoms. The van der Waals surface area contributed by atoms with Crippen LogP contribution in [0.3, 0.4) is 0 Å². The zero-order valence-electron chi connectivity index (χ0n) is 12.3. The predicted octanol–water partition coefficient (Wildman–Crippen LogP) is 0.754. The molecule has 1 heterocycles. The molecule has 0 aromatic carbocycles. The fourth-order valence-electron chi connectivity index (χ4n) is 2.40. The number of likely N-dealkylation sites (N-methyl/N-ethyl adjacent to an activating group) is 1. The van der Waals surface area contributed by atoms with Gasteiger partial charge in [-0.15, -0.1) is 0 Å². The van der Waals surface area contributed by atoms with E-state index in [4.69, 9.17) is 10.5 Å². The number of hydrogen-bond acceptors (Lipinski definition) is 5. The second-order valence-corrected chi connectivity index (χ2v) is 5.09. The van der Waals surface area contributed by atoms with Gasteiger partial charge in [0.05, 0.1) is 12.1 Å². The number of nitrogens with two attached hydrogens (primary N) is 1. The maximum atomic E-state index is 6.01. The van der Waals surface area contributed by atoms with Gasteiger partial charge in [-0.2, -0.15) is 0 Å². The molecule has 5 nitrogen and oxygen atoms in total. The largest absolute Gasteiger partial charge is 0.385 e. The average molecular weight is 256 g/mol. The van der Waals surface area contributed by atoms with Crippen molar-refractivity contribution in [1.82, 2.24) is 9.80 Å². The molecule has 0 aromatic heterocycles. The Bertz CT molecular complexity index is 278. The van der Waals surface area contributed by atoms with E-state index in [1.807, 2.05) is 0 Å². The molecule has 5 heteroatoms. The topological polar surface area (TPSA) is 54.1 Å². The lowest BCUT2D eigenvalue weighted by atomic mass is 9.97. The summed E-state index contributed by atoms with van der Waals surface area (Å²) in [4.78, 5) is 9.05. The molecule has 0 amide bonds. The lowest BCUT2D eigenvalue weighted by molar-refractivity contribution is 0.119. The summed E-state index contributed by atoms with van der Waals surface area (Å²) < 4.78 is 5.19. The highest BCUT2D eigenvalue weighted by Crippen LogP contribution is 2.24. The molecule has 0 spiro atoms. The van der Waals surface area contributed by atoms with Crippen molar-refractivity contribution in [3.63, 3.8) is 0 Å². The molecule has 0 saturated heterocycles. The number of hydrogen-bond donors (Lipinski definition) is 1. The number of guanidine groups is 1. The summed E-state index contributed by atoms with van der Waals surface area (Å²) in [5.41, 5.74) is 6.03. The van der Waals surface area contributed by atoms with Crippen LogP contribution < -0.4 is 5.73 Å². The lowest BCUT2D eigenvalue weighted by Gasteiger charge is -2.37. The van der Waals surface area contributed by atoms with Crippen molar-refractivity contribution >= 4 is 5.96 Å². The minimum Gasteiger partial charge on any atom is -0.385 e. The number of aliphatic imine (C=N–C) groups is 1.